The van der Waals surface area contributed by atoms with Gasteiger partial charge in [0.05, 0.1) is 18.1 Å². The van der Waals surface area contributed by atoms with Crippen LogP contribution in [0, 0.1) is 0 Å². The number of halogens is 5. The molecule has 1 heterocycles. The van der Waals surface area contributed by atoms with E-state index < -0.39 is 29.7 Å². The predicted octanol–water partition coefficient (Wildman–Crippen LogP) is 4.72. The molecule has 0 spiro atoms. The second kappa shape index (κ2) is 10.4. The average Bonchev–Trinajstić information content (AvgIpc) is 2.79. The molecule has 1 aliphatic heterocycles. The lowest BCUT2D eigenvalue weighted by Gasteiger charge is -2.36. The highest BCUT2D eigenvalue weighted by molar-refractivity contribution is 5.88. The first-order valence-electron chi connectivity index (χ1n) is 10.3. The van der Waals surface area contributed by atoms with Crippen LogP contribution in [0.5, 0.6) is 11.5 Å². The van der Waals surface area contributed by atoms with Crippen LogP contribution in [0.2, 0.25) is 0 Å². The number of hydrogen-bond acceptors (Lipinski definition) is 4. The molecule has 0 unspecified atom stereocenters. The normalized spacial score (nSPS) is 15.8. The van der Waals surface area contributed by atoms with Crippen LogP contribution in [-0.4, -0.2) is 39.4 Å². The zero-order chi connectivity index (χ0) is 24.1. The number of ether oxygens (including phenoxy) is 3. The second-order valence-electron chi connectivity index (χ2n) is 7.64. The lowest BCUT2D eigenvalue weighted by atomic mass is 9.73. The summed E-state index contributed by atoms with van der Waals surface area (Å²) in [6, 6.07) is 9.34. The quantitative estimate of drug-likeness (QED) is 0.564. The molecule has 10 heteroatoms. The molecular formula is C23H24F5NO4. The predicted molar refractivity (Wildman–Crippen MR) is 110 cm³/mol. The zero-order valence-electron chi connectivity index (χ0n) is 17.9. The van der Waals surface area contributed by atoms with Gasteiger partial charge < -0.3 is 19.5 Å². The molecule has 1 N–H and O–H groups in total. The van der Waals surface area contributed by atoms with Gasteiger partial charge >= 0.3 is 12.8 Å². The van der Waals surface area contributed by atoms with Gasteiger partial charge in [-0.3, -0.25) is 4.79 Å². The van der Waals surface area contributed by atoms with Gasteiger partial charge in [-0.1, -0.05) is 24.3 Å². The molecule has 0 radical (unpaired) electrons. The van der Waals surface area contributed by atoms with E-state index >= 15 is 0 Å². The monoisotopic (exact) mass is 473 g/mol. The van der Waals surface area contributed by atoms with Gasteiger partial charge in [0.2, 0.25) is 5.91 Å². The molecule has 0 saturated carbocycles. The van der Waals surface area contributed by atoms with Crippen molar-refractivity contribution in [1.29, 1.82) is 0 Å². The summed E-state index contributed by atoms with van der Waals surface area (Å²) in [7, 11) is 1.33. The molecule has 1 amide bonds. The summed E-state index contributed by atoms with van der Waals surface area (Å²) in [5, 5.41) is 2.79. The summed E-state index contributed by atoms with van der Waals surface area (Å²) in [5.41, 5.74) is -1.06. The van der Waals surface area contributed by atoms with E-state index in [1.165, 1.54) is 31.4 Å². The Hall–Kier alpha value is -2.88. The van der Waals surface area contributed by atoms with E-state index in [1.54, 1.807) is 6.07 Å². The fourth-order valence-electron chi connectivity index (χ4n) is 3.91. The van der Waals surface area contributed by atoms with Crippen LogP contribution in [0.3, 0.4) is 0 Å². The summed E-state index contributed by atoms with van der Waals surface area (Å²) in [4.78, 5) is 13.2. The third-order valence-electron chi connectivity index (χ3n) is 5.67. The van der Waals surface area contributed by atoms with Gasteiger partial charge in [-0.15, -0.1) is 0 Å². The van der Waals surface area contributed by atoms with Gasteiger partial charge in [-0.25, -0.2) is 0 Å². The van der Waals surface area contributed by atoms with Crippen molar-refractivity contribution in [2.45, 2.75) is 37.5 Å². The number of nitrogens with one attached hydrogen (secondary N) is 1. The minimum atomic E-state index is -4.52. The van der Waals surface area contributed by atoms with Crippen molar-refractivity contribution in [2.24, 2.45) is 0 Å². The first-order chi connectivity index (χ1) is 15.7. The van der Waals surface area contributed by atoms with Gasteiger partial charge in [0.25, 0.3) is 0 Å². The minimum absolute atomic E-state index is 0.124. The molecule has 0 aliphatic carbocycles. The topological polar surface area (TPSA) is 56.8 Å². The molecule has 1 aliphatic rings. The summed E-state index contributed by atoms with van der Waals surface area (Å²) in [6.45, 7) is -2.37. The maximum atomic E-state index is 13.2. The van der Waals surface area contributed by atoms with E-state index in [0.29, 0.717) is 12.0 Å². The molecule has 1 saturated heterocycles. The number of carbonyl (C=O) groups is 1. The SMILES string of the molecule is COc1ccc(CCNC(=O)C2(c3cccc(C(F)(F)F)c3)CCOCC2)cc1OC(F)F. The molecule has 0 bridgehead atoms. The number of alkyl halides is 5. The van der Waals surface area contributed by atoms with Crippen molar-refractivity contribution in [3.63, 3.8) is 0 Å². The standard InChI is InChI=1S/C23H24F5NO4/c1-31-18-6-5-15(13-19(18)33-21(24)25)7-10-29-20(30)22(8-11-32-12-9-22)16-3-2-4-17(14-16)23(26,27)28/h2-6,13-14,21H,7-12H2,1H3,(H,29,30). The number of carbonyl (C=O) groups excluding carboxylic acids is 1. The van der Waals surface area contributed by atoms with Crippen LogP contribution in [0.15, 0.2) is 42.5 Å². The Morgan fingerprint density at radius 2 is 1.85 bits per heavy atom. The zero-order valence-corrected chi connectivity index (χ0v) is 17.9. The van der Waals surface area contributed by atoms with Crippen molar-refractivity contribution >= 4 is 5.91 Å². The van der Waals surface area contributed by atoms with E-state index in [2.05, 4.69) is 10.1 Å². The van der Waals surface area contributed by atoms with Gasteiger partial charge in [0.15, 0.2) is 11.5 Å². The van der Waals surface area contributed by atoms with Crippen LogP contribution in [0.1, 0.15) is 29.5 Å². The lowest BCUT2D eigenvalue weighted by Crippen LogP contribution is -2.48. The van der Waals surface area contributed by atoms with Gasteiger partial charge in [-0.2, -0.15) is 22.0 Å². The van der Waals surface area contributed by atoms with Crippen LogP contribution >= 0.6 is 0 Å². The Morgan fingerprint density at radius 1 is 1.12 bits per heavy atom. The molecule has 33 heavy (non-hydrogen) atoms. The van der Waals surface area contributed by atoms with Crippen molar-refractivity contribution in [2.75, 3.05) is 26.9 Å². The first-order valence-corrected chi connectivity index (χ1v) is 10.3. The molecule has 2 aromatic carbocycles. The van der Waals surface area contributed by atoms with Crippen LogP contribution < -0.4 is 14.8 Å². The van der Waals surface area contributed by atoms with E-state index in [4.69, 9.17) is 9.47 Å². The van der Waals surface area contributed by atoms with E-state index in [0.717, 1.165) is 12.1 Å². The summed E-state index contributed by atoms with van der Waals surface area (Å²) < 4.78 is 79.7. The van der Waals surface area contributed by atoms with Crippen LogP contribution in [0.25, 0.3) is 0 Å². The Kier molecular flexibility index (Phi) is 7.78. The maximum Gasteiger partial charge on any atom is 0.416 e. The Balaban J connectivity index is 1.74. The van der Waals surface area contributed by atoms with E-state index in [-0.39, 0.29) is 49.7 Å². The fourth-order valence-corrected chi connectivity index (χ4v) is 3.91. The van der Waals surface area contributed by atoms with Gasteiger partial charge in [0.1, 0.15) is 0 Å². The van der Waals surface area contributed by atoms with Crippen LogP contribution in [0.4, 0.5) is 22.0 Å². The number of rotatable bonds is 8. The molecule has 2 aromatic rings. The molecule has 1 fully saturated rings. The highest BCUT2D eigenvalue weighted by atomic mass is 19.4. The number of benzene rings is 2. The lowest BCUT2D eigenvalue weighted by molar-refractivity contribution is -0.138. The smallest absolute Gasteiger partial charge is 0.416 e. The maximum absolute atomic E-state index is 13.2. The molecule has 5 nitrogen and oxygen atoms in total. The Bertz CT molecular complexity index is 958. The van der Waals surface area contributed by atoms with Crippen molar-refractivity contribution in [3.8, 4) is 11.5 Å². The third kappa shape index (κ3) is 5.93. The van der Waals surface area contributed by atoms with E-state index in [9.17, 15) is 26.7 Å². The molecule has 3 rings (SSSR count). The van der Waals surface area contributed by atoms with E-state index in [1.807, 2.05) is 0 Å². The second-order valence-corrected chi connectivity index (χ2v) is 7.64. The van der Waals surface area contributed by atoms with Crippen molar-refractivity contribution < 1.29 is 41.0 Å². The highest BCUT2D eigenvalue weighted by Crippen LogP contribution is 2.38. The Morgan fingerprint density at radius 3 is 2.48 bits per heavy atom. The fraction of sp³-hybridized carbons (Fsp3) is 0.435. The summed E-state index contributed by atoms with van der Waals surface area (Å²) >= 11 is 0. The third-order valence-corrected chi connectivity index (χ3v) is 5.67. The number of methoxy groups -OCH3 is 1. The Labute approximate surface area is 187 Å². The first kappa shape index (κ1) is 24.8. The molecular weight excluding hydrogens is 449 g/mol. The number of hydrogen-bond donors (Lipinski definition) is 1. The molecule has 180 valence electrons. The molecule has 0 aromatic heterocycles. The molecule has 0 atom stereocenters. The van der Waals surface area contributed by atoms with Gasteiger partial charge in [0, 0.05) is 19.8 Å². The van der Waals surface area contributed by atoms with Gasteiger partial charge in [-0.05, 0) is 48.6 Å². The minimum Gasteiger partial charge on any atom is -0.493 e. The van der Waals surface area contributed by atoms with Crippen LogP contribution in [-0.2, 0) is 27.5 Å². The largest absolute Gasteiger partial charge is 0.493 e. The highest BCUT2D eigenvalue weighted by Gasteiger charge is 2.43. The summed E-state index contributed by atoms with van der Waals surface area (Å²) in [6.07, 6.45) is -3.74. The average molecular weight is 473 g/mol. The van der Waals surface area contributed by atoms with Crippen molar-refractivity contribution in [3.05, 3.63) is 59.2 Å². The van der Waals surface area contributed by atoms with Crippen molar-refractivity contribution in [1.82, 2.24) is 5.32 Å². The number of amides is 1. The summed E-state index contributed by atoms with van der Waals surface area (Å²) in [5.74, 6) is -0.377.